The number of nitrogens with one attached hydrogen (secondary N) is 1. The molecular weight excluding hydrogens is 252 g/mol. The van der Waals surface area contributed by atoms with Crippen LogP contribution in [0.1, 0.15) is 6.92 Å². The summed E-state index contributed by atoms with van der Waals surface area (Å²) in [6.45, 7) is 1.63. The molecule has 0 fully saturated rings. The average Bonchev–Trinajstić information content (AvgIpc) is 2.38. The van der Waals surface area contributed by atoms with Crippen LogP contribution in [-0.4, -0.2) is 42.9 Å². The Morgan fingerprint density at radius 2 is 2.00 bits per heavy atom. The van der Waals surface area contributed by atoms with Crippen LogP contribution in [0.2, 0.25) is 0 Å². The van der Waals surface area contributed by atoms with E-state index in [0.717, 1.165) is 0 Å². The summed E-state index contributed by atoms with van der Waals surface area (Å²) >= 11 is 0. The van der Waals surface area contributed by atoms with Gasteiger partial charge in [0.2, 0.25) is 5.91 Å². The fourth-order valence-corrected chi connectivity index (χ4v) is 1.72. The summed E-state index contributed by atoms with van der Waals surface area (Å²) in [5.74, 6) is -0.319. The van der Waals surface area contributed by atoms with E-state index < -0.39 is 19.0 Å². The fraction of sp³-hybridized carbons (Fsp3) is 0.462. The zero-order valence-electron chi connectivity index (χ0n) is 10.9. The van der Waals surface area contributed by atoms with Crippen molar-refractivity contribution >= 4 is 11.6 Å². The van der Waals surface area contributed by atoms with Gasteiger partial charge in [-0.25, -0.2) is 8.78 Å². The first-order valence-corrected chi connectivity index (χ1v) is 6.12. The zero-order valence-corrected chi connectivity index (χ0v) is 10.9. The maximum Gasteiger partial charge on any atom is 0.251 e. The first kappa shape index (κ1) is 15.5. The van der Waals surface area contributed by atoms with Crippen LogP contribution in [0.5, 0.6) is 0 Å². The van der Waals surface area contributed by atoms with Crippen LogP contribution in [0.4, 0.5) is 14.5 Å². The van der Waals surface area contributed by atoms with Gasteiger partial charge in [-0.3, -0.25) is 9.69 Å². The van der Waals surface area contributed by atoms with Gasteiger partial charge in [-0.2, -0.15) is 0 Å². The second kappa shape index (κ2) is 7.81. The number of hydrogen-bond acceptors (Lipinski definition) is 3. The van der Waals surface area contributed by atoms with Gasteiger partial charge in [-0.15, -0.1) is 0 Å². The predicted molar refractivity (Wildman–Crippen MR) is 71.2 cm³/mol. The molecule has 6 heteroatoms. The van der Waals surface area contributed by atoms with Crippen molar-refractivity contribution in [1.29, 1.82) is 0 Å². The third kappa shape index (κ3) is 5.32. The lowest BCUT2D eigenvalue weighted by Gasteiger charge is -2.27. The SMILES string of the molecule is CC(C(=O)Nc1ccccc1)N(CCN)CC(F)F. The van der Waals surface area contributed by atoms with E-state index in [0.29, 0.717) is 5.69 Å². The molecule has 1 unspecified atom stereocenters. The highest BCUT2D eigenvalue weighted by molar-refractivity contribution is 5.94. The number of amides is 1. The Bertz CT molecular complexity index is 387. The molecule has 0 spiro atoms. The van der Waals surface area contributed by atoms with E-state index in [-0.39, 0.29) is 19.0 Å². The summed E-state index contributed by atoms with van der Waals surface area (Å²) in [6, 6.07) is 8.23. The lowest BCUT2D eigenvalue weighted by Crippen LogP contribution is -2.46. The van der Waals surface area contributed by atoms with Crippen molar-refractivity contribution < 1.29 is 13.6 Å². The third-order valence-corrected chi connectivity index (χ3v) is 2.76. The van der Waals surface area contributed by atoms with Crippen molar-refractivity contribution in [2.75, 3.05) is 25.0 Å². The fourth-order valence-electron chi connectivity index (χ4n) is 1.72. The number of para-hydroxylation sites is 1. The largest absolute Gasteiger partial charge is 0.329 e. The topological polar surface area (TPSA) is 58.4 Å². The molecule has 0 saturated carbocycles. The maximum absolute atomic E-state index is 12.4. The van der Waals surface area contributed by atoms with Crippen LogP contribution in [0, 0.1) is 0 Å². The molecule has 0 aliphatic carbocycles. The van der Waals surface area contributed by atoms with Gasteiger partial charge in [0.05, 0.1) is 12.6 Å². The van der Waals surface area contributed by atoms with Gasteiger partial charge in [0.15, 0.2) is 0 Å². The number of nitrogens with two attached hydrogens (primary N) is 1. The summed E-state index contributed by atoms with van der Waals surface area (Å²) < 4.78 is 24.9. The van der Waals surface area contributed by atoms with Crippen LogP contribution in [0.3, 0.4) is 0 Å². The van der Waals surface area contributed by atoms with E-state index in [2.05, 4.69) is 5.32 Å². The smallest absolute Gasteiger partial charge is 0.251 e. The van der Waals surface area contributed by atoms with Gasteiger partial charge in [0.1, 0.15) is 0 Å². The molecule has 3 N–H and O–H groups in total. The zero-order chi connectivity index (χ0) is 14.3. The summed E-state index contributed by atoms with van der Waals surface area (Å²) in [7, 11) is 0. The highest BCUT2D eigenvalue weighted by atomic mass is 19.3. The quantitative estimate of drug-likeness (QED) is 0.791. The molecule has 0 radical (unpaired) electrons. The van der Waals surface area contributed by atoms with Crippen molar-refractivity contribution in [1.82, 2.24) is 4.90 Å². The number of carbonyl (C=O) groups excluding carboxylic acids is 1. The van der Waals surface area contributed by atoms with E-state index in [1.807, 2.05) is 6.07 Å². The summed E-state index contributed by atoms with van der Waals surface area (Å²) in [6.07, 6.45) is -2.49. The molecule has 1 amide bonds. The third-order valence-electron chi connectivity index (χ3n) is 2.76. The molecule has 1 aromatic carbocycles. The second-order valence-electron chi connectivity index (χ2n) is 4.21. The summed E-state index contributed by atoms with van der Waals surface area (Å²) in [5.41, 5.74) is 6.02. The molecule has 0 aliphatic heterocycles. The molecular formula is C13H19F2N3O. The standard InChI is InChI=1S/C13H19F2N3O/c1-10(18(8-7-16)9-12(14)15)13(19)17-11-5-3-2-4-6-11/h2-6,10,12H,7-9,16H2,1H3,(H,17,19). The minimum atomic E-state index is -2.49. The van der Waals surface area contributed by atoms with Gasteiger partial charge in [0, 0.05) is 18.8 Å². The number of hydrogen-bond donors (Lipinski definition) is 2. The Morgan fingerprint density at radius 3 is 2.53 bits per heavy atom. The Labute approximate surface area is 111 Å². The highest BCUT2D eigenvalue weighted by Crippen LogP contribution is 2.09. The summed E-state index contributed by atoms with van der Waals surface area (Å²) in [5, 5.41) is 2.69. The molecule has 0 saturated heterocycles. The monoisotopic (exact) mass is 271 g/mol. The second-order valence-corrected chi connectivity index (χ2v) is 4.21. The first-order valence-electron chi connectivity index (χ1n) is 6.12. The molecule has 106 valence electrons. The van der Waals surface area contributed by atoms with Gasteiger partial charge < -0.3 is 11.1 Å². The molecule has 0 heterocycles. The van der Waals surface area contributed by atoms with E-state index in [1.165, 1.54) is 4.90 Å². The first-order chi connectivity index (χ1) is 9.04. The van der Waals surface area contributed by atoms with Gasteiger partial charge in [-0.05, 0) is 19.1 Å². The Hall–Kier alpha value is -1.53. The lowest BCUT2D eigenvalue weighted by atomic mass is 10.2. The normalized spacial score (nSPS) is 12.7. The van der Waals surface area contributed by atoms with E-state index >= 15 is 0 Å². The van der Waals surface area contributed by atoms with Crippen molar-refractivity contribution in [3.05, 3.63) is 30.3 Å². The van der Waals surface area contributed by atoms with Gasteiger partial charge in [0.25, 0.3) is 6.43 Å². The predicted octanol–water partition coefficient (Wildman–Crippen LogP) is 1.54. The number of benzene rings is 1. The van der Waals surface area contributed by atoms with Crippen LogP contribution in [-0.2, 0) is 4.79 Å². The molecule has 1 aromatic rings. The molecule has 0 aromatic heterocycles. The number of alkyl halides is 2. The maximum atomic E-state index is 12.4. The molecule has 0 bridgehead atoms. The molecule has 1 rings (SSSR count). The van der Waals surface area contributed by atoms with Gasteiger partial charge in [-0.1, -0.05) is 18.2 Å². The number of carbonyl (C=O) groups is 1. The van der Waals surface area contributed by atoms with Crippen molar-refractivity contribution in [2.45, 2.75) is 19.4 Å². The Balaban J connectivity index is 2.62. The average molecular weight is 271 g/mol. The van der Waals surface area contributed by atoms with E-state index in [1.54, 1.807) is 31.2 Å². The van der Waals surface area contributed by atoms with Crippen LogP contribution in [0.15, 0.2) is 30.3 Å². The minimum Gasteiger partial charge on any atom is -0.329 e. The molecule has 0 aliphatic rings. The van der Waals surface area contributed by atoms with Crippen LogP contribution >= 0.6 is 0 Å². The van der Waals surface area contributed by atoms with Crippen molar-refractivity contribution in [2.24, 2.45) is 5.73 Å². The number of rotatable bonds is 7. The minimum absolute atomic E-state index is 0.232. The molecule has 19 heavy (non-hydrogen) atoms. The van der Waals surface area contributed by atoms with Crippen molar-refractivity contribution in [3.8, 4) is 0 Å². The number of halogens is 2. The van der Waals surface area contributed by atoms with E-state index in [4.69, 9.17) is 5.73 Å². The number of nitrogens with zero attached hydrogens (tertiary/aromatic N) is 1. The Kier molecular flexibility index (Phi) is 6.38. The van der Waals surface area contributed by atoms with Crippen molar-refractivity contribution in [3.63, 3.8) is 0 Å². The Morgan fingerprint density at radius 1 is 1.37 bits per heavy atom. The number of anilines is 1. The van der Waals surface area contributed by atoms with Gasteiger partial charge >= 0.3 is 0 Å². The van der Waals surface area contributed by atoms with E-state index in [9.17, 15) is 13.6 Å². The summed E-state index contributed by atoms with van der Waals surface area (Å²) in [4.78, 5) is 13.3. The highest BCUT2D eigenvalue weighted by Gasteiger charge is 2.23. The van der Waals surface area contributed by atoms with Crippen LogP contribution in [0.25, 0.3) is 0 Å². The molecule has 1 atom stereocenters. The molecule has 4 nitrogen and oxygen atoms in total. The lowest BCUT2D eigenvalue weighted by molar-refractivity contribution is -0.121. The van der Waals surface area contributed by atoms with Crippen LogP contribution < -0.4 is 11.1 Å².